The van der Waals surface area contributed by atoms with Crippen LogP contribution in [0.3, 0.4) is 0 Å². The fraction of sp³-hybridized carbons (Fsp3) is 0.350. The third-order valence-corrected chi connectivity index (χ3v) is 7.35. The van der Waals surface area contributed by atoms with E-state index in [4.69, 9.17) is 4.74 Å². The molecule has 1 aromatic carbocycles. The van der Waals surface area contributed by atoms with Gasteiger partial charge in [-0.2, -0.15) is 4.31 Å². The monoisotopic (exact) mass is 420 g/mol. The lowest BCUT2D eigenvalue weighted by Gasteiger charge is -2.33. The van der Waals surface area contributed by atoms with Crippen LogP contribution in [0.25, 0.3) is 6.08 Å². The van der Waals surface area contributed by atoms with Crippen molar-refractivity contribution >= 4 is 33.3 Å². The molecular weight excluding hydrogens is 396 g/mol. The van der Waals surface area contributed by atoms with Gasteiger partial charge in [-0.25, -0.2) is 8.42 Å². The molecule has 1 saturated heterocycles. The predicted molar refractivity (Wildman–Crippen MR) is 111 cm³/mol. The van der Waals surface area contributed by atoms with Gasteiger partial charge in [0.1, 0.15) is 5.75 Å². The molecule has 0 aliphatic carbocycles. The standard InChI is InChI=1S/C20H24N2O4S2/c1-3-26-17-5-9-19(10-6-17)28(24,25)22-14-12-21(13-15-22)20(23)11-8-18-7-4-16(2)27-18/h4-11H,3,12-15H2,1-2H3/b11-8+. The fourth-order valence-corrected chi connectivity index (χ4v) is 5.18. The molecule has 1 aliphatic heterocycles. The lowest BCUT2D eigenvalue weighted by molar-refractivity contribution is -0.127. The Morgan fingerprint density at radius 3 is 2.36 bits per heavy atom. The SMILES string of the molecule is CCOc1ccc(S(=O)(=O)N2CCN(C(=O)/C=C/c3ccc(C)s3)CC2)cc1. The van der Waals surface area contributed by atoms with E-state index in [0.29, 0.717) is 25.4 Å². The second-order valence-corrected chi connectivity index (χ2v) is 9.67. The maximum absolute atomic E-state index is 12.8. The number of benzene rings is 1. The Balaban J connectivity index is 1.59. The third-order valence-electron chi connectivity index (χ3n) is 4.47. The Morgan fingerprint density at radius 2 is 1.79 bits per heavy atom. The van der Waals surface area contributed by atoms with Crippen LogP contribution in [0.15, 0.2) is 47.4 Å². The van der Waals surface area contributed by atoms with Crippen LogP contribution in [0.1, 0.15) is 16.7 Å². The molecule has 1 fully saturated rings. The topological polar surface area (TPSA) is 66.9 Å². The van der Waals surface area contributed by atoms with Crippen LogP contribution in [0.2, 0.25) is 0 Å². The Morgan fingerprint density at radius 1 is 1.11 bits per heavy atom. The molecule has 6 nitrogen and oxygen atoms in total. The second kappa shape index (κ2) is 8.89. The molecular formula is C20H24N2O4S2. The number of thiophene rings is 1. The Kier molecular flexibility index (Phi) is 6.53. The summed E-state index contributed by atoms with van der Waals surface area (Å²) >= 11 is 1.63. The van der Waals surface area contributed by atoms with Crippen LogP contribution in [-0.4, -0.2) is 56.3 Å². The molecule has 0 N–H and O–H groups in total. The van der Waals surface area contributed by atoms with E-state index in [-0.39, 0.29) is 23.9 Å². The van der Waals surface area contributed by atoms with E-state index >= 15 is 0 Å². The van der Waals surface area contributed by atoms with Crippen molar-refractivity contribution in [3.8, 4) is 5.75 Å². The molecule has 0 bridgehead atoms. The molecule has 1 aromatic heterocycles. The van der Waals surface area contributed by atoms with Crippen molar-refractivity contribution in [2.45, 2.75) is 18.7 Å². The van der Waals surface area contributed by atoms with Gasteiger partial charge in [0.15, 0.2) is 0 Å². The van der Waals surface area contributed by atoms with E-state index in [1.165, 1.54) is 9.18 Å². The molecule has 28 heavy (non-hydrogen) atoms. The van der Waals surface area contributed by atoms with Crippen molar-refractivity contribution in [2.24, 2.45) is 0 Å². The van der Waals surface area contributed by atoms with Crippen molar-refractivity contribution in [1.82, 2.24) is 9.21 Å². The minimum Gasteiger partial charge on any atom is -0.494 e. The van der Waals surface area contributed by atoms with Gasteiger partial charge in [0.2, 0.25) is 15.9 Å². The largest absolute Gasteiger partial charge is 0.494 e. The van der Waals surface area contributed by atoms with Crippen LogP contribution >= 0.6 is 11.3 Å². The minimum atomic E-state index is -3.57. The molecule has 0 atom stereocenters. The van der Waals surface area contributed by atoms with Gasteiger partial charge in [-0.1, -0.05) is 0 Å². The van der Waals surface area contributed by atoms with Crippen molar-refractivity contribution in [3.05, 3.63) is 52.2 Å². The molecule has 2 aromatic rings. The number of nitrogens with zero attached hydrogens (tertiary/aromatic N) is 2. The van der Waals surface area contributed by atoms with Gasteiger partial charge in [0.05, 0.1) is 11.5 Å². The van der Waals surface area contributed by atoms with Gasteiger partial charge in [-0.15, -0.1) is 11.3 Å². The van der Waals surface area contributed by atoms with Gasteiger partial charge in [-0.3, -0.25) is 4.79 Å². The second-order valence-electron chi connectivity index (χ2n) is 6.42. The predicted octanol–water partition coefficient (Wildman–Crippen LogP) is 3.00. The Labute approximate surface area is 170 Å². The van der Waals surface area contributed by atoms with Gasteiger partial charge in [-0.05, 0) is 56.3 Å². The van der Waals surface area contributed by atoms with Crippen LogP contribution < -0.4 is 4.74 Å². The highest BCUT2D eigenvalue weighted by atomic mass is 32.2. The molecule has 3 rings (SSSR count). The Bertz CT molecular complexity index is 941. The number of sulfonamides is 1. The van der Waals surface area contributed by atoms with E-state index in [9.17, 15) is 13.2 Å². The lowest BCUT2D eigenvalue weighted by Crippen LogP contribution is -2.50. The number of piperazine rings is 1. The zero-order chi connectivity index (χ0) is 20.1. The first-order chi connectivity index (χ1) is 13.4. The van der Waals surface area contributed by atoms with Crippen molar-refractivity contribution in [1.29, 1.82) is 0 Å². The van der Waals surface area contributed by atoms with E-state index in [2.05, 4.69) is 0 Å². The van der Waals surface area contributed by atoms with E-state index in [1.54, 1.807) is 46.6 Å². The molecule has 0 radical (unpaired) electrons. The molecule has 0 saturated carbocycles. The number of amides is 1. The summed E-state index contributed by atoms with van der Waals surface area (Å²) in [5.41, 5.74) is 0. The van der Waals surface area contributed by atoms with Gasteiger partial charge >= 0.3 is 0 Å². The van der Waals surface area contributed by atoms with E-state index in [1.807, 2.05) is 32.1 Å². The van der Waals surface area contributed by atoms with Crippen LogP contribution in [0, 0.1) is 6.92 Å². The highest BCUT2D eigenvalue weighted by Gasteiger charge is 2.29. The Hall–Kier alpha value is -2.16. The van der Waals surface area contributed by atoms with Crippen molar-refractivity contribution in [3.63, 3.8) is 0 Å². The first-order valence-electron chi connectivity index (χ1n) is 9.16. The number of ether oxygens (including phenoxy) is 1. The highest BCUT2D eigenvalue weighted by Crippen LogP contribution is 2.21. The third kappa shape index (κ3) is 4.81. The molecule has 0 unspecified atom stereocenters. The summed E-state index contributed by atoms with van der Waals surface area (Å²) in [4.78, 5) is 16.5. The number of rotatable bonds is 6. The van der Waals surface area contributed by atoms with Crippen LogP contribution in [-0.2, 0) is 14.8 Å². The van der Waals surface area contributed by atoms with Crippen molar-refractivity contribution < 1.29 is 17.9 Å². The van der Waals surface area contributed by atoms with Gasteiger partial charge < -0.3 is 9.64 Å². The first kappa shape index (κ1) is 20.6. The number of hydrogen-bond acceptors (Lipinski definition) is 5. The average molecular weight is 421 g/mol. The van der Waals surface area contributed by atoms with Gasteiger partial charge in [0, 0.05) is 42.0 Å². The summed E-state index contributed by atoms with van der Waals surface area (Å²) < 4.78 is 32.4. The summed E-state index contributed by atoms with van der Waals surface area (Å²) in [7, 11) is -3.57. The molecule has 8 heteroatoms. The number of carbonyl (C=O) groups is 1. The normalized spacial score (nSPS) is 15.9. The van der Waals surface area contributed by atoms with Crippen LogP contribution in [0.5, 0.6) is 5.75 Å². The summed E-state index contributed by atoms with van der Waals surface area (Å²) in [5, 5.41) is 0. The fourth-order valence-electron chi connectivity index (χ4n) is 2.97. The molecule has 2 heterocycles. The first-order valence-corrected chi connectivity index (χ1v) is 11.4. The quantitative estimate of drug-likeness (QED) is 0.674. The minimum absolute atomic E-state index is 0.0934. The summed E-state index contributed by atoms with van der Waals surface area (Å²) in [5.74, 6) is 0.550. The van der Waals surface area contributed by atoms with E-state index in [0.717, 1.165) is 4.88 Å². The van der Waals surface area contributed by atoms with E-state index < -0.39 is 10.0 Å². The van der Waals surface area contributed by atoms with Gasteiger partial charge in [0.25, 0.3) is 0 Å². The van der Waals surface area contributed by atoms with Crippen LogP contribution in [0.4, 0.5) is 0 Å². The zero-order valence-electron chi connectivity index (χ0n) is 16.0. The number of hydrogen-bond donors (Lipinski definition) is 0. The molecule has 1 aliphatic rings. The summed E-state index contributed by atoms with van der Waals surface area (Å²) in [6.45, 7) is 5.75. The number of carbonyl (C=O) groups excluding carboxylic acids is 1. The number of aryl methyl sites for hydroxylation is 1. The molecule has 150 valence electrons. The maximum atomic E-state index is 12.8. The highest BCUT2D eigenvalue weighted by molar-refractivity contribution is 7.89. The maximum Gasteiger partial charge on any atom is 0.246 e. The average Bonchev–Trinajstić information content (AvgIpc) is 3.12. The smallest absolute Gasteiger partial charge is 0.246 e. The lowest BCUT2D eigenvalue weighted by atomic mass is 10.3. The zero-order valence-corrected chi connectivity index (χ0v) is 17.6. The summed E-state index contributed by atoms with van der Waals surface area (Å²) in [6.07, 6.45) is 3.37. The van der Waals surface area contributed by atoms with Crippen molar-refractivity contribution in [2.75, 3.05) is 32.8 Å². The molecule has 1 amide bonds. The molecule has 0 spiro atoms. The summed E-state index contributed by atoms with van der Waals surface area (Å²) in [6, 6.07) is 10.4.